The standard InChI is InChI=1S/C17H18N4O2/c1-12(15-7-2-3-8-18-15)20-16(22)13-5-4-6-14(11-13)21-10-9-19-17(21)23/h2-8,11-12H,9-10H2,1H3,(H,19,23)(H,20,22). The zero-order chi connectivity index (χ0) is 16.2. The smallest absolute Gasteiger partial charge is 0.321 e. The maximum atomic E-state index is 12.4. The molecule has 6 nitrogen and oxygen atoms in total. The van der Waals surface area contributed by atoms with Gasteiger partial charge in [0, 0.05) is 30.5 Å². The molecular formula is C17H18N4O2. The fourth-order valence-corrected chi connectivity index (χ4v) is 2.52. The Bertz CT molecular complexity index is 718. The maximum Gasteiger partial charge on any atom is 0.321 e. The molecule has 2 aromatic rings. The van der Waals surface area contributed by atoms with Crippen molar-refractivity contribution in [1.82, 2.24) is 15.6 Å². The first-order valence-corrected chi connectivity index (χ1v) is 7.52. The summed E-state index contributed by atoms with van der Waals surface area (Å²) in [5, 5.41) is 5.67. The van der Waals surface area contributed by atoms with E-state index in [0.717, 1.165) is 11.4 Å². The molecule has 1 unspecified atom stereocenters. The average molecular weight is 310 g/mol. The van der Waals surface area contributed by atoms with Gasteiger partial charge < -0.3 is 10.6 Å². The third-order valence-electron chi connectivity index (χ3n) is 3.76. The summed E-state index contributed by atoms with van der Waals surface area (Å²) in [5.74, 6) is -0.190. The molecule has 1 aliphatic heterocycles. The Kier molecular flexibility index (Phi) is 4.23. The van der Waals surface area contributed by atoms with Gasteiger partial charge in [0.25, 0.3) is 5.91 Å². The monoisotopic (exact) mass is 310 g/mol. The highest BCUT2D eigenvalue weighted by molar-refractivity contribution is 5.98. The third-order valence-corrected chi connectivity index (χ3v) is 3.76. The van der Waals surface area contributed by atoms with Gasteiger partial charge in [-0.05, 0) is 37.3 Å². The fourth-order valence-electron chi connectivity index (χ4n) is 2.52. The number of pyridine rings is 1. The Morgan fingerprint density at radius 3 is 2.87 bits per heavy atom. The largest absolute Gasteiger partial charge is 0.344 e. The van der Waals surface area contributed by atoms with E-state index in [1.54, 1.807) is 29.3 Å². The molecule has 0 aliphatic carbocycles. The van der Waals surface area contributed by atoms with E-state index in [1.165, 1.54) is 0 Å². The van der Waals surface area contributed by atoms with Crippen LogP contribution in [0.3, 0.4) is 0 Å². The zero-order valence-electron chi connectivity index (χ0n) is 12.8. The molecule has 1 saturated heterocycles. The molecule has 6 heteroatoms. The van der Waals surface area contributed by atoms with E-state index in [-0.39, 0.29) is 18.0 Å². The normalized spacial score (nSPS) is 15.2. The lowest BCUT2D eigenvalue weighted by atomic mass is 10.1. The summed E-state index contributed by atoms with van der Waals surface area (Å²) in [4.78, 5) is 30.0. The van der Waals surface area contributed by atoms with Gasteiger partial charge in [-0.1, -0.05) is 12.1 Å². The van der Waals surface area contributed by atoms with E-state index in [0.29, 0.717) is 18.7 Å². The average Bonchev–Trinajstić information content (AvgIpc) is 3.02. The van der Waals surface area contributed by atoms with E-state index in [2.05, 4.69) is 15.6 Å². The summed E-state index contributed by atoms with van der Waals surface area (Å²) >= 11 is 0. The van der Waals surface area contributed by atoms with Crippen LogP contribution in [0.2, 0.25) is 0 Å². The molecule has 1 atom stereocenters. The van der Waals surface area contributed by atoms with E-state index in [1.807, 2.05) is 31.2 Å². The minimum absolute atomic E-state index is 0.135. The van der Waals surface area contributed by atoms with Crippen LogP contribution in [0, 0.1) is 0 Å². The number of benzene rings is 1. The van der Waals surface area contributed by atoms with Gasteiger partial charge in [-0.3, -0.25) is 14.7 Å². The van der Waals surface area contributed by atoms with Gasteiger partial charge in [0.1, 0.15) is 0 Å². The number of carbonyl (C=O) groups excluding carboxylic acids is 2. The summed E-state index contributed by atoms with van der Waals surface area (Å²) in [6, 6.07) is 12.3. The summed E-state index contributed by atoms with van der Waals surface area (Å²) in [7, 11) is 0. The van der Waals surface area contributed by atoms with E-state index >= 15 is 0 Å². The molecule has 1 fully saturated rings. The Hall–Kier alpha value is -2.89. The molecule has 0 spiro atoms. The lowest BCUT2D eigenvalue weighted by molar-refractivity contribution is 0.0939. The molecule has 1 aromatic heterocycles. The zero-order valence-corrected chi connectivity index (χ0v) is 12.8. The molecule has 0 saturated carbocycles. The van der Waals surface area contributed by atoms with Gasteiger partial charge in [0.05, 0.1) is 11.7 Å². The summed E-state index contributed by atoms with van der Waals surface area (Å²) in [6.45, 7) is 3.11. The number of hydrogen-bond donors (Lipinski definition) is 2. The SMILES string of the molecule is CC(NC(=O)c1cccc(N2CCNC2=O)c1)c1ccccn1. The van der Waals surface area contributed by atoms with Crippen molar-refractivity contribution >= 4 is 17.6 Å². The van der Waals surface area contributed by atoms with Gasteiger partial charge in [-0.2, -0.15) is 0 Å². The number of carbonyl (C=O) groups is 2. The second-order valence-electron chi connectivity index (χ2n) is 5.38. The van der Waals surface area contributed by atoms with Gasteiger partial charge >= 0.3 is 6.03 Å². The van der Waals surface area contributed by atoms with Crippen molar-refractivity contribution in [3.8, 4) is 0 Å². The molecule has 1 aromatic carbocycles. The lowest BCUT2D eigenvalue weighted by Crippen LogP contribution is -2.29. The van der Waals surface area contributed by atoms with Gasteiger partial charge in [-0.25, -0.2) is 4.79 Å². The number of aromatic nitrogens is 1. The Balaban J connectivity index is 1.74. The summed E-state index contributed by atoms with van der Waals surface area (Å²) < 4.78 is 0. The highest BCUT2D eigenvalue weighted by Gasteiger charge is 2.22. The Morgan fingerprint density at radius 1 is 1.30 bits per heavy atom. The summed E-state index contributed by atoms with van der Waals surface area (Å²) in [5.41, 5.74) is 2.04. The van der Waals surface area contributed by atoms with Crippen LogP contribution in [-0.2, 0) is 0 Å². The first kappa shape index (κ1) is 15.0. The number of nitrogens with zero attached hydrogens (tertiary/aromatic N) is 2. The second kappa shape index (κ2) is 6.48. The van der Waals surface area contributed by atoms with Crippen LogP contribution in [0.15, 0.2) is 48.7 Å². The Morgan fingerprint density at radius 2 is 2.17 bits per heavy atom. The van der Waals surface area contributed by atoms with Crippen molar-refractivity contribution in [1.29, 1.82) is 0 Å². The fraction of sp³-hybridized carbons (Fsp3) is 0.235. The van der Waals surface area contributed by atoms with Crippen LogP contribution >= 0.6 is 0 Å². The van der Waals surface area contributed by atoms with Crippen LogP contribution in [0.5, 0.6) is 0 Å². The molecule has 3 amide bonds. The molecule has 2 N–H and O–H groups in total. The number of anilines is 1. The number of nitrogens with one attached hydrogen (secondary N) is 2. The number of rotatable bonds is 4. The molecular weight excluding hydrogens is 292 g/mol. The van der Waals surface area contributed by atoms with Crippen molar-refractivity contribution in [3.63, 3.8) is 0 Å². The van der Waals surface area contributed by atoms with Crippen molar-refractivity contribution in [2.24, 2.45) is 0 Å². The Labute approximate surface area is 134 Å². The van der Waals surface area contributed by atoms with Crippen LogP contribution < -0.4 is 15.5 Å². The van der Waals surface area contributed by atoms with Crippen LogP contribution in [0.25, 0.3) is 0 Å². The number of urea groups is 1. The highest BCUT2D eigenvalue weighted by atomic mass is 16.2. The second-order valence-corrected chi connectivity index (χ2v) is 5.38. The molecule has 118 valence electrons. The van der Waals surface area contributed by atoms with Gasteiger partial charge in [-0.15, -0.1) is 0 Å². The van der Waals surface area contributed by atoms with Crippen molar-refractivity contribution in [3.05, 3.63) is 59.9 Å². The minimum atomic E-state index is -0.192. The van der Waals surface area contributed by atoms with E-state index in [9.17, 15) is 9.59 Å². The first-order chi connectivity index (χ1) is 11.1. The van der Waals surface area contributed by atoms with Crippen LogP contribution in [0.4, 0.5) is 10.5 Å². The van der Waals surface area contributed by atoms with Crippen LogP contribution in [0.1, 0.15) is 29.0 Å². The van der Waals surface area contributed by atoms with Gasteiger partial charge in [0.2, 0.25) is 0 Å². The molecule has 3 rings (SSSR count). The molecule has 0 radical (unpaired) electrons. The topological polar surface area (TPSA) is 74.3 Å². The minimum Gasteiger partial charge on any atom is -0.344 e. The highest BCUT2D eigenvalue weighted by Crippen LogP contribution is 2.19. The van der Waals surface area contributed by atoms with Crippen molar-refractivity contribution in [2.45, 2.75) is 13.0 Å². The predicted molar refractivity (Wildman–Crippen MR) is 87.3 cm³/mol. The number of hydrogen-bond acceptors (Lipinski definition) is 3. The molecule has 23 heavy (non-hydrogen) atoms. The van der Waals surface area contributed by atoms with Gasteiger partial charge in [0.15, 0.2) is 0 Å². The van der Waals surface area contributed by atoms with E-state index < -0.39 is 0 Å². The first-order valence-electron chi connectivity index (χ1n) is 7.52. The molecule has 1 aliphatic rings. The molecule has 2 heterocycles. The van der Waals surface area contributed by atoms with Crippen molar-refractivity contribution < 1.29 is 9.59 Å². The van der Waals surface area contributed by atoms with E-state index in [4.69, 9.17) is 0 Å². The number of amides is 3. The van der Waals surface area contributed by atoms with Crippen LogP contribution in [-0.4, -0.2) is 30.0 Å². The quantitative estimate of drug-likeness (QED) is 0.908. The predicted octanol–water partition coefficient (Wildman–Crippen LogP) is 2.10. The lowest BCUT2D eigenvalue weighted by Gasteiger charge is -2.16. The molecule has 0 bridgehead atoms. The third kappa shape index (κ3) is 3.31. The maximum absolute atomic E-state index is 12.4. The summed E-state index contributed by atoms with van der Waals surface area (Å²) in [6.07, 6.45) is 1.70. The van der Waals surface area contributed by atoms with Crippen molar-refractivity contribution in [2.75, 3.05) is 18.0 Å².